The molecule has 20 heavy (non-hydrogen) atoms. The van der Waals surface area contributed by atoms with Crippen molar-refractivity contribution in [3.63, 3.8) is 0 Å². The number of hydrogen-bond donors (Lipinski definition) is 1. The minimum Gasteiger partial charge on any atom is -0.339 e. The van der Waals surface area contributed by atoms with Crippen LogP contribution in [0, 0.1) is 0 Å². The summed E-state index contributed by atoms with van der Waals surface area (Å²) < 4.78 is 0. The number of aryl methyl sites for hydroxylation is 1. The molecule has 0 amide bonds. The van der Waals surface area contributed by atoms with E-state index in [1.165, 1.54) is 46.1 Å². The van der Waals surface area contributed by atoms with Crippen LogP contribution in [0.4, 0.5) is 5.13 Å². The minimum atomic E-state index is 0.453. The molecule has 4 heteroatoms. The second-order valence-electron chi connectivity index (χ2n) is 5.66. The Bertz CT molecular complexity index is 609. The van der Waals surface area contributed by atoms with Crippen LogP contribution in [0.15, 0.2) is 24.3 Å². The van der Waals surface area contributed by atoms with E-state index in [2.05, 4.69) is 34.5 Å². The molecule has 0 saturated heterocycles. The Morgan fingerprint density at radius 1 is 1.25 bits per heavy atom. The summed E-state index contributed by atoms with van der Waals surface area (Å²) in [5.41, 5.74) is 4.20. The zero-order valence-electron chi connectivity index (χ0n) is 11.7. The molecule has 3 nitrogen and oxygen atoms in total. The molecule has 0 fully saturated rings. The van der Waals surface area contributed by atoms with Gasteiger partial charge in [0.05, 0.1) is 11.7 Å². The number of nitrogens with zero attached hydrogens (tertiary/aromatic N) is 2. The van der Waals surface area contributed by atoms with E-state index in [1.807, 2.05) is 18.4 Å². The molecule has 0 saturated carbocycles. The van der Waals surface area contributed by atoms with Crippen LogP contribution < -0.4 is 10.2 Å². The predicted octanol–water partition coefficient (Wildman–Crippen LogP) is 3.26. The first-order chi connectivity index (χ1) is 9.85. The van der Waals surface area contributed by atoms with Gasteiger partial charge in [-0.05, 0) is 37.4 Å². The van der Waals surface area contributed by atoms with E-state index in [0.717, 1.165) is 13.1 Å². The van der Waals surface area contributed by atoms with Crippen LogP contribution in [0.25, 0.3) is 0 Å². The van der Waals surface area contributed by atoms with Gasteiger partial charge in [-0.15, -0.1) is 11.3 Å². The lowest BCUT2D eigenvalue weighted by atomic mass is 9.98. The van der Waals surface area contributed by atoms with Crippen LogP contribution >= 0.6 is 11.3 Å². The average Bonchev–Trinajstić information content (AvgIpc) is 3.09. The smallest absolute Gasteiger partial charge is 0.186 e. The molecule has 0 spiro atoms. The summed E-state index contributed by atoms with van der Waals surface area (Å²) in [5, 5.41) is 4.61. The van der Waals surface area contributed by atoms with Crippen molar-refractivity contribution in [2.75, 3.05) is 11.9 Å². The molecule has 0 radical (unpaired) electrons. The van der Waals surface area contributed by atoms with Crippen molar-refractivity contribution >= 4 is 16.5 Å². The van der Waals surface area contributed by atoms with E-state index in [4.69, 9.17) is 4.98 Å². The van der Waals surface area contributed by atoms with Gasteiger partial charge >= 0.3 is 0 Å². The van der Waals surface area contributed by atoms with Gasteiger partial charge in [-0.25, -0.2) is 4.98 Å². The number of rotatable bonds is 2. The molecule has 1 unspecified atom stereocenters. The number of fused-ring (bicyclic) bond motifs is 2. The lowest BCUT2D eigenvalue weighted by Crippen LogP contribution is -2.21. The molecule has 4 rings (SSSR count). The third-order valence-electron chi connectivity index (χ3n) is 4.40. The highest BCUT2D eigenvalue weighted by Crippen LogP contribution is 2.38. The van der Waals surface area contributed by atoms with E-state index in [-0.39, 0.29) is 0 Å². The normalized spacial score (nSPS) is 20.9. The summed E-state index contributed by atoms with van der Waals surface area (Å²) in [6, 6.07) is 9.19. The van der Waals surface area contributed by atoms with Gasteiger partial charge in [-0.3, -0.25) is 0 Å². The van der Waals surface area contributed by atoms with Gasteiger partial charge in [0.25, 0.3) is 0 Å². The number of thiazole rings is 1. The van der Waals surface area contributed by atoms with Gasteiger partial charge in [0.2, 0.25) is 0 Å². The standard InChI is InChI=1S/C16H19N3S/c1-17-13-7-4-8-14-15(13)18-16(20-14)19-9-11-5-2-3-6-12(11)10-19/h2-3,5-6,13,17H,4,7-10H2,1H3. The molecule has 1 N–H and O–H groups in total. The fourth-order valence-electron chi connectivity index (χ4n) is 3.29. The summed E-state index contributed by atoms with van der Waals surface area (Å²) in [7, 11) is 2.05. The first-order valence-corrected chi connectivity index (χ1v) is 8.15. The van der Waals surface area contributed by atoms with E-state index in [1.54, 1.807) is 0 Å². The van der Waals surface area contributed by atoms with E-state index >= 15 is 0 Å². The molecule has 1 aliphatic carbocycles. The van der Waals surface area contributed by atoms with E-state index in [0.29, 0.717) is 6.04 Å². The Kier molecular flexibility index (Phi) is 3.00. The summed E-state index contributed by atoms with van der Waals surface area (Å²) in [6.07, 6.45) is 3.69. The fourth-order valence-corrected chi connectivity index (χ4v) is 4.45. The van der Waals surface area contributed by atoms with Gasteiger partial charge in [0.15, 0.2) is 5.13 Å². The van der Waals surface area contributed by atoms with E-state index in [9.17, 15) is 0 Å². The zero-order valence-corrected chi connectivity index (χ0v) is 12.5. The Labute approximate surface area is 123 Å². The third-order valence-corrected chi connectivity index (χ3v) is 5.59. The Hall–Kier alpha value is -1.39. The van der Waals surface area contributed by atoms with Crippen LogP contribution in [0.2, 0.25) is 0 Å². The second-order valence-corrected chi connectivity index (χ2v) is 6.73. The van der Waals surface area contributed by atoms with Gasteiger partial charge in [0, 0.05) is 18.0 Å². The Morgan fingerprint density at radius 2 is 2.00 bits per heavy atom. The van der Waals surface area contributed by atoms with Crippen molar-refractivity contribution in [2.24, 2.45) is 0 Å². The van der Waals surface area contributed by atoms with Crippen LogP contribution in [0.3, 0.4) is 0 Å². The van der Waals surface area contributed by atoms with Gasteiger partial charge < -0.3 is 10.2 Å². The number of anilines is 1. The van der Waals surface area contributed by atoms with Crippen molar-refractivity contribution in [3.05, 3.63) is 46.0 Å². The maximum absolute atomic E-state index is 4.95. The summed E-state index contributed by atoms with van der Waals surface area (Å²) >= 11 is 1.90. The maximum Gasteiger partial charge on any atom is 0.186 e. The van der Waals surface area contributed by atoms with Crippen LogP contribution in [-0.4, -0.2) is 12.0 Å². The average molecular weight is 285 g/mol. The van der Waals surface area contributed by atoms with Crippen LogP contribution in [0.1, 0.15) is 40.6 Å². The van der Waals surface area contributed by atoms with Gasteiger partial charge in [-0.2, -0.15) is 0 Å². The van der Waals surface area contributed by atoms with Crippen LogP contribution in [0.5, 0.6) is 0 Å². The Balaban J connectivity index is 1.64. The van der Waals surface area contributed by atoms with Crippen molar-refractivity contribution in [3.8, 4) is 0 Å². The summed E-state index contributed by atoms with van der Waals surface area (Å²) in [5.74, 6) is 0. The molecule has 104 valence electrons. The Morgan fingerprint density at radius 3 is 2.70 bits per heavy atom. The number of aromatic nitrogens is 1. The third kappa shape index (κ3) is 1.95. The first kappa shape index (κ1) is 12.4. The number of nitrogens with one attached hydrogen (secondary N) is 1. The van der Waals surface area contributed by atoms with Crippen LogP contribution in [-0.2, 0) is 19.5 Å². The minimum absolute atomic E-state index is 0.453. The molecule has 0 bridgehead atoms. The van der Waals surface area contributed by atoms with Gasteiger partial charge in [0.1, 0.15) is 0 Å². The number of benzene rings is 1. The summed E-state index contributed by atoms with van der Waals surface area (Å²) in [4.78, 5) is 8.85. The molecule has 1 aromatic carbocycles. The molecule has 1 atom stereocenters. The summed E-state index contributed by atoms with van der Waals surface area (Å²) in [6.45, 7) is 2.01. The molecule has 2 heterocycles. The van der Waals surface area contributed by atoms with Crippen molar-refractivity contribution in [2.45, 2.75) is 38.4 Å². The molecule has 2 aliphatic rings. The van der Waals surface area contributed by atoms with Gasteiger partial charge in [-0.1, -0.05) is 24.3 Å². The highest BCUT2D eigenvalue weighted by atomic mass is 32.1. The van der Waals surface area contributed by atoms with Crippen molar-refractivity contribution in [1.82, 2.24) is 10.3 Å². The second kappa shape index (κ2) is 4.86. The highest BCUT2D eigenvalue weighted by Gasteiger charge is 2.27. The molecule has 1 aromatic heterocycles. The maximum atomic E-state index is 4.95. The molecular formula is C16H19N3S. The zero-order chi connectivity index (χ0) is 13.5. The fraction of sp³-hybridized carbons (Fsp3) is 0.438. The SMILES string of the molecule is CNC1CCCc2sc(N3Cc4ccccc4C3)nc21. The number of hydrogen-bond acceptors (Lipinski definition) is 4. The van der Waals surface area contributed by atoms with E-state index < -0.39 is 0 Å². The lowest BCUT2D eigenvalue weighted by molar-refractivity contribution is 0.489. The molecule has 2 aromatic rings. The quantitative estimate of drug-likeness (QED) is 0.918. The highest BCUT2D eigenvalue weighted by molar-refractivity contribution is 7.15. The topological polar surface area (TPSA) is 28.2 Å². The molecular weight excluding hydrogens is 266 g/mol. The monoisotopic (exact) mass is 285 g/mol. The first-order valence-electron chi connectivity index (χ1n) is 7.34. The van der Waals surface area contributed by atoms with Crippen molar-refractivity contribution < 1.29 is 0 Å². The van der Waals surface area contributed by atoms with Crippen molar-refractivity contribution in [1.29, 1.82) is 0 Å². The largest absolute Gasteiger partial charge is 0.339 e. The molecule has 1 aliphatic heterocycles. The lowest BCUT2D eigenvalue weighted by Gasteiger charge is -2.19. The predicted molar refractivity (Wildman–Crippen MR) is 83.2 cm³/mol.